The molecule has 0 aromatic carbocycles. The quantitative estimate of drug-likeness (QED) is 0.578. The van der Waals surface area contributed by atoms with E-state index in [9.17, 15) is 0 Å². The van der Waals surface area contributed by atoms with E-state index in [2.05, 4.69) is 25.4 Å². The molecule has 1 unspecified atom stereocenters. The van der Waals surface area contributed by atoms with E-state index < -0.39 is 0 Å². The zero-order chi connectivity index (χ0) is 8.69. The fraction of sp³-hybridized carbons (Fsp3) is 0.600. The predicted octanol–water partition coefficient (Wildman–Crippen LogP) is 2.51. The molecule has 11 heavy (non-hydrogen) atoms. The number of hydrogen-bond acceptors (Lipinski definition) is 1. The van der Waals surface area contributed by atoms with Crippen molar-refractivity contribution in [3.63, 3.8) is 0 Å². The summed E-state index contributed by atoms with van der Waals surface area (Å²) in [5.74, 6) is 0. The molecule has 1 nitrogen and oxygen atoms in total. The molecule has 0 aromatic rings. The van der Waals surface area contributed by atoms with Gasteiger partial charge in [0.25, 0.3) is 0 Å². The average Bonchev–Trinajstić information content (AvgIpc) is 1.97. The van der Waals surface area contributed by atoms with Gasteiger partial charge in [0.05, 0.1) is 0 Å². The highest BCUT2D eigenvalue weighted by Gasteiger charge is 2.01. The summed E-state index contributed by atoms with van der Waals surface area (Å²) in [5, 5.41) is 3.25. The summed E-state index contributed by atoms with van der Waals surface area (Å²) in [5.41, 5.74) is 1.26. The molecule has 0 radical (unpaired) electrons. The molecule has 0 saturated heterocycles. The fourth-order valence-electron chi connectivity index (χ4n) is 1.00. The minimum absolute atomic E-state index is 0.573. The SMILES string of the molecule is C=CCC(CCC(=C)C)NC. The van der Waals surface area contributed by atoms with Crippen molar-refractivity contribution in [2.45, 2.75) is 32.2 Å². The van der Waals surface area contributed by atoms with Crippen molar-refractivity contribution in [2.24, 2.45) is 0 Å². The van der Waals surface area contributed by atoms with Crippen LogP contribution in [0.2, 0.25) is 0 Å². The minimum atomic E-state index is 0.573. The molecule has 0 aliphatic heterocycles. The Morgan fingerprint density at radius 2 is 2.27 bits per heavy atom. The molecule has 0 amide bonds. The zero-order valence-electron chi connectivity index (χ0n) is 7.69. The van der Waals surface area contributed by atoms with Gasteiger partial charge in [0.15, 0.2) is 0 Å². The van der Waals surface area contributed by atoms with Gasteiger partial charge in [0.2, 0.25) is 0 Å². The number of nitrogens with one attached hydrogen (secondary N) is 1. The van der Waals surface area contributed by atoms with Gasteiger partial charge in [-0.25, -0.2) is 0 Å². The molecule has 0 fully saturated rings. The molecule has 0 aromatic heterocycles. The van der Waals surface area contributed by atoms with Crippen LogP contribution in [0.15, 0.2) is 24.8 Å². The second kappa shape index (κ2) is 6.17. The topological polar surface area (TPSA) is 12.0 Å². The Balaban J connectivity index is 3.51. The summed E-state index contributed by atoms with van der Waals surface area (Å²) in [4.78, 5) is 0. The Bertz CT molecular complexity index is 127. The molecule has 0 saturated carbocycles. The smallest absolute Gasteiger partial charge is 0.0101 e. The van der Waals surface area contributed by atoms with Gasteiger partial charge in [-0.2, -0.15) is 0 Å². The van der Waals surface area contributed by atoms with Crippen LogP contribution in [0, 0.1) is 0 Å². The summed E-state index contributed by atoms with van der Waals surface area (Å²) >= 11 is 0. The first-order valence-corrected chi connectivity index (χ1v) is 4.13. The van der Waals surface area contributed by atoms with Gasteiger partial charge in [-0.15, -0.1) is 13.2 Å². The third kappa shape index (κ3) is 5.86. The number of rotatable bonds is 6. The molecule has 0 aliphatic carbocycles. The van der Waals surface area contributed by atoms with E-state index in [1.807, 2.05) is 13.1 Å². The van der Waals surface area contributed by atoms with Crippen LogP contribution in [-0.2, 0) is 0 Å². The third-order valence-corrected chi connectivity index (χ3v) is 1.78. The van der Waals surface area contributed by atoms with Gasteiger partial charge >= 0.3 is 0 Å². The van der Waals surface area contributed by atoms with Gasteiger partial charge in [-0.1, -0.05) is 11.6 Å². The minimum Gasteiger partial charge on any atom is -0.317 e. The van der Waals surface area contributed by atoms with Crippen molar-refractivity contribution in [1.82, 2.24) is 5.32 Å². The normalized spacial score (nSPS) is 12.5. The van der Waals surface area contributed by atoms with E-state index in [4.69, 9.17) is 0 Å². The molecule has 1 atom stereocenters. The van der Waals surface area contributed by atoms with Crippen LogP contribution < -0.4 is 5.32 Å². The summed E-state index contributed by atoms with van der Waals surface area (Å²) < 4.78 is 0. The lowest BCUT2D eigenvalue weighted by Crippen LogP contribution is -2.24. The largest absolute Gasteiger partial charge is 0.317 e. The molecule has 0 heterocycles. The Kier molecular flexibility index (Phi) is 5.86. The molecular formula is C10H19N. The Hall–Kier alpha value is -0.560. The summed E-state index contributed by atoms with van der Waals surface area (Å²) in [6, 6.07) is 0.573. The van der Waals surface area contributed by atoms with E-state index in [-0.39, 0.29) is 0 Å². The van der Waals surface area contributed by atoms with Gasteiger partial charge in [0, 0.05) is 6.04 Å². The highest BCUT2D eigenvalue weighted by molar-refractivity contribution is 4.90. The fourth-order valence-corrected chi connectivity index (χ4v) is 1.00. The first kappa shape index (κ1) is 10.4. The van der Waals surface area contributed by atoms with Crippen LogP contribution >= 0.6 is 0 Å². The number of hydrogen-bond donors (Lipinski definition) is 1. The Morgan fingerprint density at radius 1 is 1.64 bits per heavy atom. The van der Waals surface area contributed by atoms with Gasteiger partial charge in [0.1, 0.15) is 0 Å². The highest BCUT2D eigenvalue weighted by Crippen LogP contribution is 2.06. The molecule has 0 aliphatic rings. The second-order valence-corrected chi connectivity index (χ2v) is 3.01. The van der Waals surface area contributed by atoms with Gasteiger partial charge in [-0.05, 0) is 33.2 Å². The Morgan fingerprint density at radius 3 is 2.64 bits per heavy atom. The molecule has 0 rings (SSSR count). The average molecular weight is 153 g/mol. The molecule has 1 heteroatoms. The lowest BCUT2D eigenvalue weighted by atomic mass is 10.1. The summed E-state index contributed by atoms with van der Waals surface area (Å²) in [6.45, 7) is 9.65. The van der Waals surface area contributed by atoms with Crippen molar-refractivity contribution in [2.75, 3.05) is 7.05 Å². The zero-order valence-corrected chi connectivity index (χ0v) is 7.69. The van der Waals surface area contributed by atoms with Crippen LogP contribution in [0.5, 0.6) is 0 Å². The van der Waals surface area contributed by atoms with E-state index in [0.717, 1.165) is 19.3 Å². The van der Waals surface area contributed by atoms with Crippen molar-refractivity contribution in [1.29, 1.82) is 0 Å². The number of allylic oxidation sites excluding steroid dienone is 1. The lowest BCUT2D eigenvalue weighted by Gasteiger charge is -2.13. The van der Waals surface area contributed by atoms with Crippen molar-refractivity contribution >= 4 is 0 Å². The second-order valence-electron chi connectivity index (χ2n) is 3.01. The van der Waals surface area contributed by atoms with Crippen LogP contribution in [0.25, 0.3) is 0 Å². The maximum Gasteiger partial charge on any atom is 0.0101 e. The standard InChI is InChI=1S/C10H19N/c1-5-6-10(11-4)8-7-9(2)3/h5,10-11H,1-2,6-8H2,3-4H3. The van der Waals surface area contributed by atoms with Crippen molar-refractivity contribution in [3.05, 3.63) is 24.8 Å². The summed E-state index contributed by atoms with van der Waals surface area (Å²) in [7, 11) is 1.99. The third-order valence-electron chi connectivity index (χ3n) is 1.78. The molecular weight excluding hydrogens is 134 g/mol. The highest BCUT2D eigenvalue weighted by atomic mass is 14.9. The molecule has 1 N–H and O–H groups in total. The first-order valence-electron chi connectivity index (χ1n) is 4.13. The molecule has 64 valence electrons. The van der Waals surface area contributed by atoms with Gasteiger partial charge in [-0.3, -0.25) is 0 Å². The van der Waals surface area contributed by atoms with Crippen molar-refractivity contribution < 1.29 is 0 Å². The lowest BCUT2D eigenvalue weighted by molar-refractivity contribution is 0.528. The van der Waals surface area contributed by atoms with E-state index in [0.29, 0.717) is 6.04 Å². The van der Waals surface area contributed by atoms with Gasteiger partial charge < -0.3 is 5.32 Å². The molecule has 0 bridgehead atoms. The molecule has 0 spiro atoms. The maximum absolute atomic E-state index is 3.87. The monoisotopic (exact) mass is 153 g/mol. The van der Waals surface area contributed by atoms with Crippen LogP contribution in [-0.4, -0.2) is 13.1 Å². The van der Waals surface area contributed by atoms with Crippen molar-refractivity contribution in [3.8, 4) is 0 Å². The summed E-state index contributed by atoms with van der Waals surface area (Å²) in [6.07, 6.45) is 5.28. The van der Waals surface area contributed by atoms with Crippen LogP contribution in [0.1, 0.15) is 26.2 Å². The predicted molar refractivity (Wildman–Crippen MR) is 51.7 cm³/mol. The van der Waals surface area contributed by atoms with E-state index in [1.54, 1.807) is 0 Å². The first-order chi connectivity index (χ1) is 5.20. The van der Waals surface area contributed by atoms with Crippen LogP contribution in [0.3, 0.4) is 0 Å². The Labute approximate surface area is 70.2 Å². The van der Waals surface area contributed by atoms with Crippen LogP contribution in [0.4, 0.5) is 0 Å². The van der Waals surface area contributed by atoms with E-state index >= 15 is 0 Å². The maximum atomic E-state index is 3.87. The van der Waals surface area contributed by atoms with E-state index in [1.165, 1.54) is 5.57 Å².